The molecule has 2 aromatic heterocycles. The van der Waals surface area contributed by atoms with Crippen LogP contribution in [0.4, 0.5) is 9.52 Å². The molecule has 0 fully saturated rings. The van der Waals surface area contributed by atoms with Gasteiger partial charge in [0.1, 0.15) is 11.6 Å². The molecule has 0 aliphatic carbocycles. The Hall–Kier alpha value is -4.97. The van der Waals surface area contributed by atoms with E-state index in [9.17, 15) is 14.0 Å². The zero-order chi connectivity index (χ0) is 30.0. The molecule has 0 atom stereocenters. The highest BCUT2D eigenvalue weighted by Gasteiger charge is 2.20. The normalized spacial score (nSPS) is 10.9. The number of thiazole rings is 1. The van der Waals surface area contributed by atoms with Gasteiger partial charge in [-0.1, -0.05) is 23.5 Å². The van der Waals surface area contributed by atoms with E-state index in [1.54, 1.807) is 30.3 Å². The van der Waals surface area contributed by atoms with Crippen molar-refractivity contribution in [2.45, 2.75) is 13.8 Å². The molecule has 12 heteroatoms. The predicted molar refractivity (Wildman–Crippen MR) is 157 cm³/mol. The number of halogens is 1. The van der Waals surface area contributed by atoms with Crippen molar-refractivity contribution >= 4 is 38.5 Å². The summed E-state index contributed by atoms with van der Waals surface area (Å²) < 4.78 is 37.7. The lowest BCUT2D eigenvalue weighted by molar-refractivity contribution is -0.118. The minimum Gasteiger partial charge on any atom is -0.493 e. The van der Waals surface area contributed by atoms with Crippen molar-refractivity contribution in [1.82, 2.24) is 14.8 Å². The molecule has 3 aromatic carbocycles. The fourth-order valence-corrected chi connectivity index (χ4v) is 5.23. The minimum atomic E-state index is -0.419. The first-order valence-corrected chi connectivity index (χ1v) is 13.5. The van der Waals surface area contributed by atoms with Gasteiger partial charge in [-0.2, -0.15) is 9.78 Å². The molecule has 0 saturated heterocycles. The van der Waals surface area contributed by atoms with Crippen molar-refractivity contribution in [3.05, 3.63) is 66.0 Å². The maximum Gasteiger partial charge on any atom is 0.264 e. The van der Waals surface area contributed by atoms with E-state index in [0.717, 1.165) is 10.3 Å². The molecule has 0 radical (unpaired) electrons. The van der Waals surface area contributed by atoms with Crippen molar-refractivity contribution in [3.63, 3.8) is 0 Å². The summed E-state index contributed by atoms with van der Waals surface area (Å²) in [4.78, 5) is 29.4. The third-order valence-corrected chi connectivity index (χ3v) is 7.36. The number of anilines is 1. The number of nitrogens with one attached hydrogen (secondary N) is 1. The van der Waals surface area contributed by atoms with Crippen LogP contribution in [0.5, 0.6) is 23.0 Å². The summed E-state index contributed by atoms with van der Waals surface area (Å²) >= 11 is 1.24. The molecule has 5 aromatic rings. The number of carbonyl (C=O) groups is 2. The monoisotopic (exact) mass is 590 g/mol. The number of fused-ring (bicyclic) bond motifs is 1. The molecule has 2 heterocycles. The lowest BCUT2D eigenvalue weighted by Gasteiger charge is -2.13. The van der Waals surface area contributed by atoms with Gasteiger partial charge in [0.15, 0.2) is 23.2 Å². The van der Waals surface area contributed by atoms with Gasteiger partial charge in [0.25, 0.3) is 5.91 Å². The summed E-state index contributed by atoms with van der Waals surface area (Å²) in [6.45, 7) is 2.99. The fourth-order valence-electron chi connectivity index (χ4n) is 4.36. The van der Waals surface area contributed by atoms with E-state index in [4.69, 9.17) is 18.9 Å². The van der Waals surface area contributed by atoms with Gasteiger partial charge in [0, 0.05) is 24.1 Å². The number of aryl methyl sites for hydroxylation is 1. The average molecular weight is 591 g/mol. The van der Waals surface area contributed by atoms with Crippen molar-refractivity contribution < 1.29 is 32.9 Å². The van der Waals surface area contributed by atoms with Crippen LogP contribution in [0.25, 0.3) is 32.7 Å². The van der Waals surface area contributed by atoms with Crippen LogP contribution in [0.3, 0.4) is 0 Å². The zero-order valence-electron chi connectivity index (χ0n) is 23.5. The van der Waals surface area contributed by atoms with Crippen molar-refractivity contribution in [2.75, 3.05) is 33.3 Å². The molecular weight excluding hydrogens is 563 g/mol. The quantitative estimate of drug-likeness (QED) is 0.223. The number of hydrogen-bond donors (Lipinski definition) is 1. The van der Waals surface area contributed by atoms with E-state index in [-0.39, 0.29) is 12.5 Å². The number of rotatable bonds is 9. The van der Waals surface area contributed by atoms with Crippen LogP contribution in [-0.4, -0.2) is 54.5 Å². The van der Waals surface area contributed by atoms with E-state index in [1.165, 1.54) is 56.4 Å². The number of aromatic nitrogens is 3. The van der Waals surface area contributed by atoms with Crippen LogP contribution in [-0.2, 0) is 4.79 Å². The van der Waals surface area contributed by atoms with Gasteiger partial charge in [0.2, 0.25) is 11.7 Å². The van der Waals surface area contributed by atoms with Gasteiger partial charge in [-0.15, -0.1) is 0 Å². The van der Waals surface area contributed by atoms with E-state index >= 15 is 0 Å². The zero-order valence-corrected chi connectivity index (χ0v) is 24.3. The molecule has 5 rings (SSSR count). The van der Waals surface area contributed by atoms with Gasteiger partial charge in [-0.25, -0.2) is 9.37 Å². The summed E-state index contributed by atoms with van der Waals surface area (Å²) in [7, 11) is 4.57. The van der Waals surface area contributed by atoms with E-state index in [2.05, 4.69) is 15.4 Å². The largest absolute Gasteiger partial charge is 0.493 e. The Kier molecular flexibility index (Phi) is 8.07. The standard InChI is InChI=1S/C30H27FN4O6S/c1-16-6-7-18(10-24(16)41-15-28(37)33-30-32-22-13-20(31)8-9-27(22)42-30)23-14-21(34-35(23)17(2)36)19-11-25(38-3)29(40-5)26(12-19)39-4/h6-14H,15H2,1-5H3,(H,32,33,37). The lowest BCUT2D eigenvalue weighted by atomic mass is 10.1. The van der Waals surface area contributed by atoms with Crippen molar-refractivity contribution in [1.29, 1.82) is 0 Å². The predicted octanol–water partition coefficient (Wildman–Crippen LogP) is 5.98. The molecule has 216 valence electrons. The van der Waals surface area contributed by atoms with E-state index < -0.39 is 11.7 Å². The number of benzene rings is 3. The third kappa shape index (κ3) is 5.75. The molecule has 0 bridgehead atoms. The Labute approximate surface area is 244 Å². The lowest BCUT2D eigenvalue weighted by Crippen LogP contribution is -2.20. The first-order valence-electron chi connectivity index (χ1n) is 12.7. The smallest absolute Gasteiger partial charge is 0.264 e. The summed E-state index contributed by atoms with van der Waals surface area (Å²) in [5.41, 5.74) is 3.61. The molecule has 0 spiro atoms. The van der Waals surface area contributed by atoms with Crippen LogP contribution in [0.15, 0.2) is 54.6 Å². The average Bonchev–Trinajstić information content (AvgIpc) is 3.60. The number of methoxy groups -OCH3 is 3. The number of nitrogens with zero attached hydrogens (tertiary/aromatic N) is 3. The summed E-state index contributed by atoms with van der Waals surface area (Å²) in [5.74, 6) is 0.697. The van der Waals surface area contributed by atoms with Gasteiger partial charge in [-0.05, 0) is 48.9 Å². The SMILES string of the molecule is COc1cc(-c2cc(-c3ccc(C)c(OCC(=O)Nc4nc5cc(F)ccc5s4)c3)n(C(C)=O)n2)cc(OC)c1OC. The summed E-state index contributed by atoms with van der Waals surface area (Å²) in [6, 6.07) is 15.0. The molecule has 0 aliphatic rings. The van der Waals surface area contributed by atoms with E-state index in [1.807, 2.05) is 19.1 Å². The topological polar surface area (TPSA) is 114 Å². The Bertz CT molecular complexity index is 1790. The number of ether oxygens (including phenoxy) is 4. The Balaban J connectivity index is 1.40. The van der Waals surface area contributed by atoms with Gasteiger partial charge in [-0.3, -0.25) is 14.9 Å². The molecular formula is C30H27FN4O6S. The molecule has 0 aliphatic heterocycles. The fraction of sp³-hybridized carbons (Fsp3) is 0.200. The van der Waals surface area contributed by atoms with Gasteiger partial charge in [0.05, 0.1) is 42.9 Å². The van der Waals surface area contributed by atoms with Crippen LogP contribution in [0, 0.1) is 12.7 Å². The molecule has 1 amide bonds. The summed E-state index contributed by atoms with van der Waals surface area (Å²) in [6.07, 6.45) is 0. The molecule has 10 nitrogen and oxygen atoms in total. The Morgan fingerprint density at radius 3 is 2.31 bits per heavy atom. The first-order chi connectivity index (χ1) is 20.2. The van der Waals surface area contributed by atoms with Crippen LogP contribution in [0.2, 0.25) is 0 Å². The second-order valence-electron chi connectivity index (χ2n) is 9.21. The highest BCUT2D eigenvalue weighted by Crippen LogP contribution is 2.41. The third-order valence-electron chi connectivity index (χ3n) is 6.41. The van der Waals surface area contributed by atoms with Crippen LogP contribution in [0.1, 0.15) is 17.3 Å². The highest BCUT2D eigenvalue weighted by molar-refractivity contribution is 7.22. The van der Waals surface area contributed by atoms with Crippen LogP contribution >= 0.6 is 11.3 Å². The Morgan fingerprint density at radius 2 is 1.64 bits per heavy atom. The Morgan fingerprint density at radius 1 is 0.929 bits per heavy atom. The summed E-state index contributed by atoms with van der Waals surface area (Å²) in [5, 5.41) is 7.58. The number of amides is 1. The maximum absolute atomic E-state index is 13.5. The second-order valence-corrected chi connectivity index (χ2v) is 10.2. The van der Waals surface area contributed by atoms with Gasteiger partial charge < -0.3 is 18.9 Å². The highest BCUT2D eigenvalue weighted by atomic mass is 32.1. The minimum absolute atomic E-state index is 0.281. The molecule has 0 unspecified atom stereocenters. The maximum atomic E-state index is 13.5. The van der Waals surface area contributed by atoms with Gasteiger partial charge >= 0.3 is 0 Å². The first kappa shape index (κ1) is 28.6. The molecule has 0 saturated carbocycles. The van der Waals surface area contributed by atoms with Crippen molar-refractivity contribution in [2.24, 2.45) is 0 Å². The number of hydrogen-bond acceptors (Lipinski definition) is 9. The van der Waals surface area contributed by atoms with E-state index in [0.29, 0.717) is 56.2 Å². The molecule has 1 N–H and O–H groups in total. The second kappa shape index (κ2) is 11.9. The van der Waals surface area contributed by atoms with Crippen molar-refractivity contribution in [3.8, 4) is 45.5 Å². The number of carbonyl (C=O) groups excluding carboxylic acids is 2. The van der Waals surface area contributed by atoms with Crippen LogP contribution < -0.4 is 24.3 Å². The molecule has 42 heavy (non-hydrogen) atoms.